The van der Waals surface area contributed by atoms with Gasteiger partial charge in [-0.2, -0.15) is 0 Å². The topological polar surface area (TPSA) is 106 Å². The van der Waals surface area contributed by atoms with Gasteiger partial charge in [0.05, 0.1) is 0 Å². The fourth-order valence-corrected chi connectivity index (χ4v) is 1.77. The maximum atomic E-state index is 11.5. The zero-order chi connectivity index (χ0) is 12.0. The van der Waals surface area contributed by atoms with Crippen molar-refractivity contribution in [3.8, 4) is 0 Å². The first-order chi connectivity index (χ1) is 7.63. The van der Waals surface area contributed by atoms with Crippen molar-refractivity contribution in [2.24, 2.45) is 11.0 Å². The molecule has 7 heteroatoms. The van der Waals surface area contributed by atoms with E-state index in [0.717, 1.165) is 0 Å². The van der Waals surface area contributed by atoms with Crippen LogP contribution in [-0.4, -0.2) is 41.5 Å². The summed E-state index contributed by atoms with van der Waals surface area (Å²) in [6.07, 6.45) is 0.937. The highest BCUT2D eigenvalue weighted by atomic mass is 16.4. The summed E-state index contributed by atoms with van der Waals surface area (Å²) in [4.78, 5) is 26.1. The second-order valence-corrected chi connectivity index (χ2v) is 3.82. The van der Waals surface area contributed by atoms with Crippen molar-refractivity contribution >= 4 is 11.9 Å². The molecule has 1 aliphatic rings. The predicted molar refractivity (Wildman–Crippen MR) is 55.6 cm³/mol. The summed E-state index contributed by atoms with van der Waals surface area (Å²) in [5.41, 5.74) is 8.16. The van der Waals surface area contributed by atoms with Crippen LogP contribution in [0.4, 0.5) is 0 Å². The van der Waals surface area contributed by atoms with Gasteiger partial charge in [0.15, 0.2) is 0 Å². The molecule has 0 spiro atoms. The molecule has 0 bridgehead atoms. The lowest BCUT2D eigenvalue weighted by atomic mass is 10.1. The molecule has 7 nitrogen and oxygen atoms in total. The Bertz CT molecular complexity index is 325. The second kappa shape index (κ2) is 5.97. The Balaban J connectivity index is 2.30. The predicted octanol–water partition coefficient (Wildman–Crippen LogP) is 1.01. The molecule has 1 unspecified atom stereocenters. The summed E-state index contributed by atoms with van der Waals surface area (Å²) in [6, 6.07) is 0. The van der Waals surface area contributed by atoms with Gasteiger partial charge in [-0.3, -0.25) is 9.59 Å². The first kappa shape index (κ1) is 12.3. The van der Waals surface area contributed by atoms with Crippen LogP contribution in [0, 0.1) is 5.92 Å². The van der Waals surface area contributed by atoms with Crippen LogP contribution >= 0.6 is 0 Å². The van der Waals surface area contributed by atoms with Crippen molar-refractivity contribution in [3.63, 3.8) is 0 Å². The minimum absolute atomic E-state index is 0.0172. The fourth-order valence-electron chi connectivity index (χ4n) is 1.77. The number of amides is 1. The highest BCUT2D eigenvalue weighted by Gasteiger charge is 2.28. The van der Waals surface area contributed by atoms with E-state index in [1.165, 1.54) is 0 Å². The van der Waals surface area contributed by atoms with Crippen LogP contribution in [0.15, 0.2) is 5.11 Å². The van der Waals surface area contributed by atoms with Gasteiger partial charge in [0.2, 0.25) is 5.91 Å². The van der Waals surface area contributed by atoms with Crippen LogP contribution in [0.1, 0.15) is 19.3 Å². The molecule has 1 saturated heterocycles. The Morgan fingerprint density at radius 3 is 3.06 bits per heavy atom. The van der Waals surface area contributed by atoms with E-state index in [-0.39, 0.29) is 18.2 Å². The third kappa shape index (κ3) is 3.78. The van der Waals surface area contributed by atoms with Gasteiger partial charge in [-0.15, -0.1) is 0 Å². The Morgan fingerprint density at radius 1 is 1.69 bits per heavy atom. The lowest BCUT2D eigenvalue weighted by molar-refractivity contribution is -0.137. The SMILES string of the molecule is [N-]=[N+]=NCC1CC(=O)N(CCCC(=O)O)C1. The van der Waals surface area contributed by atoms with Crippen LogP contribution in [0.25, 0.3) is 10.4 Å². The van der Waals surface area contributed by atoms with Crippen molar-refractivity contribution < 1.29 is 14.7 Å². The second-order valence-electron chi connectivity index (χ2n) is 3.82. The summed E-state index contributed by atoms with van der Waals surface area (Å²) in [5.74, 6) is -0.756. The van der Waals surface area contributed by atoms with E-state index in [1.54, 1.807) is 4.90 Å². The summed E-state index contributed by atoms with van der Waals surface area (Å²) < 4.78 is 0. The van der Waals surface area contributed by atoms with E-state index in [9.17, 15) is 9.59 Å². The number of hydrogen-bond donors (Lipinski definition) is 1. The Hall–Kier alpha value is -1.75. The monoisotopic (exact) mass is 226 g/mol. The van der Waals surface area contributed by atoms with Crippen molar-refractivity contribution in [2.45, 2.75) is 19.3 Å². The third-order valence-corrected chi connectivity index (χ3v) is 2.52. The average Bonchev–Trinajstić information content (AvgIpc) is 2.56. The third-order valence-electron chi connectivity index (χ3n) is 2.52. The number of rotatable bonds is 6. The molecule has 1 aliphatic heterocycles. The zero-order valence-corrected chi connectivity index (χ0v) is 8.87. The van der Waals surface area contributed by atoms with E-state index >= 15 is 0 Å². The largest absolute Gasteiger partial charge is 0.481 e. The van der Waals surface area contributed by atoms with Gasteiger partial charge in [0.25, 0.3) is 0 Å². The molecule has 1 amide bonds. The lowest BCUT2D eigenvalue weighted by Crippen LogP contribution is -2.27. The van der Waals surface area contributed by atoms with Gasteiger partial charge < -0.3 is 10.0 Å². The van der Waals surface area contributed by atoms with Crippen LogP contribution in [0.3, 0.4) is 0 Å². The van der Waals surface area contributed by atoms with Gasteiger partial charge in [-0.05, 0) is 17.9 Å². The summed E-state index contributed by atoms with van der Waals surface area (Å²) in [7, 11) is 0. The average molecular weight is 226 g/mol. The quantitative estimate of drug-likeness (QED) is 0.415. The van der Waals surface area contributed by atoms with Gasteiger partial charge in [0.1, 0.15) is 0 Å². The van der Waals surface area contributed by atoms with Gasteiger partial charge in [0, 0.05) is 37.4 Å². The summed E-state index contributed by atoms with van der Waals surface area (Å²) in [5, 5.41) is 11.9. The number of carboxylic acids is 1. The van der Waals surface area contributed by atoms with E-state index in [0.29, 0.717) is 32.5 Å². The number of likely N-dealkylation sites (tertiary alicyclic amines) is 1. The molecule has 1 fully saturated rings. The van der Waals surface area contributed by atoms with Gasteiger partial charge in [-0.25, -0.2) is 0 Å². The lowest BCUT2D eigenvalue weighted by Gasteiger charge is -2.15. The number of carboxylic acid groups (broad SMARTS) is 1. The minimum atomic E-state index is -0.850. The van der Waals surface area contributed by atoms with E-state index in [1.807, 2.05) is 0 Å². The van der Waals surface area contributed by atoms with Crippen LogP contribution in [0.5, 0.6) is 0 Å². The number of hydrogen-bond acceptors (Lipinski definition) is 3. The maximum absolute atomic E-state index is 11.5. The number of nitrogens with zero attached hydrogens (tertiary/aromatic N) is 4. The standard InChI is InChI=1S/C9H14N4O3/c10-12-11-5-7-4-8(14)13(6-7)3-1-2-9(15)16/h7H,1-6H2,(H,15,16). The van der Waals surface area contributed by atoms with Crippen molar-refractivity contribution in [2.75, 3.05) is 19.6 Å². The molecule has 1 heterocycles. The Kier molecular flexibility index (Phi) is 4.60. The van der Waals surface area contributed by atoms with E-state index in [4.69, 9.17) is 10.6 Å². The Morgan fingerprint density at radius 2 is 2.44 bits per heavy atom. The molecule has 0 aromatic carbocycles. The first-order valence-corrected chi connectivity index (χ1v) is 5.14. The van der Waals surface area contributed by atoms with E-state index < -0.39 is 5.97 Å². The van der Waals surface area contributed by atoms with Gasteiger partial charge in [-0.1, -0.05) is 5.11 Å². The Labute approximate surface area is 92.7 Å². The van der Waals surface area contributed by atoms with Crippen molar-refractivity contribution in [1.82, 2.24) is 4.90 Å². The summed E-state index contributed by atoms with van der Waals surface area (Å²) >= 11 is 0. The fraction of sp³-hybridized carbons (Fsp3) is 0.778. The molecular formula is C9H14N4O3. The molecular weight excluding hydrogens is 212 g/mol. The molecule has 0 aromatic rings. The molecule has 1 rings (SSSR count). The number of azide groups is 1. The molecule has 1 N–H and O–H groups in total. The van der Waals surface area contributed by atoms with Gasteiger partial charge >= 0.3 is 5.97 Å². The van der Waals surface area contributed by atoms with Crippen molar-refractivity contribution in [1.29, 1.82) is 0 Å². The van der Waals surface area contributed by atoms with Crippen LogP contribution in [0.2, 0.25) is 0 Å². The highest BCUT2D eigenvalue weighted by molar-refractivity contribution is 5.78. The normalized spacial score (nSPS) is 19.6. The minimum Gasteiger partial charge on any atom is -0.481 e. The van der Waals surface area contributed by atoms with E-state index in [2.05, 4.69) is 10.0 Å². The molecule has 0 radical (unpaired) electrons. The van der Waals surface area contributed by atoms with Crippen LogP contribution < -0.4 is 0 Å². The van der Waals surface area contributed by atoms with Crippen molar-refractivity contribution in [3.05, 3.63) is 10.4 Å². The first-order valence-electron chi connectivity index (χ1n) is 5.14. The molecule has 0 aromatic heterocycles. The molecule has 0 saturated carbocycles. The molecule has 16 heavy (non-hydrogen) atoms. The summed E-state index contributed by atoms with van der Waals surface area (Å²) in [6.45, 7) is 1.37. The van der Waals surface area contributed by atoms with Crippen LogP contribution in [-0.2, 0) is 9.59 Å². The molecule has 88 valence electrons. The highest BCUT2D eigenvalue weighted by Crippen LogP contribution is 2.18. The maximum Gasteiger partial charge on any atom is 0.303 e. The molecule has 1 atom stereocenters. The number of carbonyl (C=O) groups excluding carboxylic acids is 1. The smallest absolute Gasteiger partial charge is 0.303 e. The molecule has 0 aliphatic carbocycles. The zero-order valence-electron chi connectivity index (χ0n) is 8.87. The number of carbonyl (C=O) groups is 2. The number of aliphatic carboxylic acids is 1.